The number of hydrogen-bond donors (Lipinski definition) is 0. The fraction of sp³-hybridized carbons (Fsp3) is 0.850. The fourth-order valence-electron chi connectivity index (χ4n) is 5.05. The molecule has 4 aliphatic heterocycles. The van der Waals surface area contributed by atoms with Gasteiger partial charge in [0.05, 0.1) is 11.7 Å². The van der Waals surface area contributed by atoms with Crippen molar-refractivity contribution in [1.29, 1.82) is 0 Å². The molecule has 4 saturated heterocycles. The van der Waals surface area contributed by atoms with Crippen molar-refractivity contribution < 1.29 is 19.0 Å². The lowest BCUT2D eigenvalue weighted by atomic mass is 9.86. The summed E-state index contributed by atoms with van der Waals surface area (Å²) in [5.74, 6) is 0.149. The Morgan fingerprint density at radius 1 is 1.12 bits per heavy atom. The van der Waals surface area contributed by atoms with E-state index in [1.54, 1.807) is 0 Å². The maximum absolute atomic E-state index is 13.0. The van der Waals surface area contributed by atoms with Gasteiger partial charge in [0.15, 0.2) is 11.6 Å². The van der Waals surface area contributed by atoms with Crippen LogP contribution >= 0.6 is 0 Å². The van der Waals surface area contributed by atoms with Crippen molar-refractivity contribution in [3.05, 3.63) is 11.1 Å². The van der Waals surface area contributed by atoms with Gasteiger partial charge in [0, 0.05) is 18.8 Å². The molecule has 0 saturated carbocycles. The van der Waals surface area contributed by atoms with E-state index in [4.69, 9.17) is 14.2 Å². The van der Waals surface area contributed by atoms with E-state index in [0.29, 0.717) is 5.92 Å². The first kappa shape index (κ1) is 16.7. The average Bonchev–Trinajstić information content (AvgIpc) is 2.87. The highest BCUT2D eigenvalue weighted by atomic mass is 16.7. The lowest BCUT2D eigenvalue weighted by Gasteiger charge is -2.33. The van der Waals surface area contributed by atoms with Crippen molar-refractivity contribution in [1.82, 2.24) is 0 Å². The Morgan fingerprint density at radius 2 is 1.88 bits per heavy atom. The largest absolute Gasteiger partial charge is 0.358 e. The SMILES string of the molecule is CC(C)=C1CC[C@@]2(C)CC[C@@]3(O[C@@H](C[C@@H]3C)C[C@]3(C)O[C@H]3C1=O)O2. The first-order valence-corrected chi connectivity index (χ1v) is 9.43. The monoisotopic (exact) mass is 334 g/mol. The number of ether oxygens (including phenoxy) is 3. The predicted molar refractivity (Wildman–Crippen MR) is 90.6 cm³/mol. The summed E-state index contributed by atoms with van der Waals surface area (Å²) in [7, 11) is 0. The molecule has 4 heteroatoms. The molecule has 4 fully saturated rings. The van der Waals surface area contributed by atoms with Crippen LogP contribution in [0.3, 0.4) is 0 Å². The molecule has 4 aliphatic rings. The maximum atomic E-state index is 13.0. The van der Waals surface area contributed by atoms with Crippen molar-refractivity contribution in [2.75, 3.05) is 0 Å². The van der Waals surface area contributed by atoms with Gasteiger partial charge in [-0.15, -0.1) is 0 Å². The van der Waals surface area contributed by atoms with Crippen molar-refractivity contribution in [2.45, 2.75) is 102 Å². The highest BCUT2D eigenvalue weighted by molar-refractivity contribution is 6.01. The van der Waals surface area contributed by atoms with Crippen molar-refractivity contribution >= 4 is 5.78 Å². The van der Waals surface area contributed by atoms with Crippen molar-refractivity contribution in [3.63, 3.8) is 0 Å². The molecule has 0 aromatic heterocycles. The average molecular weight is 334 g/mol. The van der Waals surface area contributed by atoms with E-state index in [0.717, 1.165) is 49.7 Å². The van der Waals surface area contributed by atoms with Crippen molar-refractivity contribution in [3.8, 4) is 0 Å². The quantitative estimate of drug-likeness (QED) is 0.497. The molecule has 24 heavy (non-hydrogen) atoms. The molecule has 6 atom stereocenters. The zero-order valence-corrected chi connectivity index (χ0v) is 15.6. The number of carbonyl (C=O) groups excluding carboxylic acids is 1. The van der Waals surface area contributed by atoms with Crippen molar-refractivity contribution in [2.24, 2.45) is 5.92 Å². The second-order valence-electron chi connectivity index (χ2n) is 9.10. The van der Waals surface area contributed by atoms with Crippen LogP contribution in [-0.2, 0) is 19.0 Å². The number of carbonyl (C=O) groups is 1. The van der Waals surface area contributed by atoms with Crippen LogP contribution < -0.4 is 0 Å². The summed E-state index contributed by atoms with van der Waals surface area (Å²) in [4.78, 5) is 13.0. The third kappa shape index (κ3) is 2.49. The zero-order chi connectivity index (χ0) is 17.3. The van der Waals surface area contributed by atoms with Gasteiger partial charge in [0.2, 0.25) is 0 Å². The van der Waals surface area contributed by atoms with Gasteiger partial charge in [-0.05, 0) is 59.0 Å². The summed E-state index contributed by atoms with van der Waals surface area (Å²) in [5.41, 5.74) is 1.49. The summed E-state index contributed by atoms with van der Waals surface area (Å²) in [6.45, 7) is 10.6. The van der Waals surface area contributed by atoms with E-state index < -0.39 is 5.79 Å². The molecule has 4 heterocycles. The predicted octanol–water partition coefficient (Wildman–Crippen LogP) is 3.92. The molecule has 0 unspecified atom stereocenters. The summed E-state index contributed by atoms with van der Waals surface area (Å²) in [6.07, 6.45) is 5.21. The minimum Gasteiger partial charge on any atom is -0.358 e. The van der Waals surface area contributed by atoms with Crippen LogP contribution in [0, 0.1) is 5.92 Å². The number of allylic oxidation sites excluding steroid dienone is 1. The van der Waals surface area contributed by atoms with Gasteiger partial charge in [0.1, 0.15) is 11.7 Å². The Morgan fingerprint density at radius 3 is 2.58 bits per heavy atom. The van der Waals surface area contributed by atoms with E-state index in [9.17, 15) is 4.79 Å². The van der Waals surface area contributed by atoms with Gasteiger partial charge >= 0.3 is 0 Å². The number of ketones is 1. The van der Waals surface area contributed by atoms with Crippen LogP contribution in [0.1, 0.15) is 73.1 Å². The zero-order valence-electron chi connectivity index (χ0n) is 15.6. The van der Waals surface area contributed by atoms with Gasteiger partial charge in [-0.3, -0.25) is 4.79 Å². The molecular formula is C20H30O4. The molecule has 0 amide bonds. The standard InChI is InChI=1S/C20H30O4/c1-12(2)15-6-7-18(4)8-9-20(24-18)13(3)10-14(22-20)11-19(5)17(23-19)16(15)21/h13-14,17H,6-11H2,1-5H3/t13-,14-,17-,18-,19-,20+/m0/s1. The smallest absolute Gasteiger partial charge is 0.190 e. The minimum absolute atomic E-state index is 0.125. The molecule has 1 spiro atoms. The van der Waals surface area contributed by atoms with Gasteiger partial charge in [0.25, 0.3) is 0 Å². The maximum Gasteiger partial charge on any atom is 0.190 e. The minimum atomic E-state index is -0.422. The third-order valence-electron chi connectivity index (χ3n) is 6.72. The summed E-state index contributed by atoms with van der Waals surface area (Å²) in [6, 6.07) is 0. The van der Waals surface area contributed by atoms with E-state index >= 15 is 0 Å². The second kappa shape index (κ2) is 5.15. The third-order valence-corrected chi connectivity index (χ3v) is 6.72. The molecule has 4 nitrogen and oxygen atoms in total. The Bertz CT molecular complexity index is 607. The summed E-state index contributed by atoms with van der Waals surface area (Å²) >= 11 is 0. The van der Waals surface area contributed by atoms with E-state index in [1.807, 2.05) is 13.8 Å². The van der Waals surface area contributed by atoms with E-state index in [-0.39, 0.29) is 29.2 Å². The van der Waals surface area contributed by atoms with Crippen LogP contribution in [0.4, 0.5) is 0 Å². The number of hydrogen-bond acceptors (Lipinski definition) is 4. The Balaban J connectivity index is 1.68. The first-order chi connectivity index (χ1) is 11.2. The number of Topliss-reactive ketones (excluding diaryl/α,β-unsaturated/α-hetero) is 1. The molecule has 0 aliphatic carbocycles. The van der Waals surface area contributed by atoms with Gasteiger partial charge in [-0.2, -0.15) is 0 Å². The van der Waals surface area contributed by atoms with E-state index in [2.05, 4.69) is 20.8 Å². The van der Waals surface area contributed by atoms with Gasteiger partial charge in [-0.25, -0.2) is 0 Å². The molecule has 0 N–H and O–H groups in total. The summed E-state index contributed by atoms with van der Waals surface area (Å²) < 4.78 is 18.9. The summed E-state index contributed by atoms with van der Waals surface area (Å²) in [5, 5.41) is 0. The topological polar surface area (TPSA) is 48.1 Å². The van der Waals surface area contributed by atoms with Gasteiger partial charge in [-0.1, -0.05) is 12.5 Å². The van der Waals surface area contributed by atoms with Crippen LogP contribution in [-0.4, -0.2) is 35.0 Å². The first-order valence-electron chi connectivity index (χ1n) is 9.43. The van der Waals surface area contributed by atoms with Crippen LogP contribution in [0.25, 0.3) is 0 Å². The lowest BCUT2D eigenvalue weighted by molar-refractivity contribution is -0.255. The molecular weight excluding hydrogens is 304 g/mol. The Labute approximate surface area is 144 Å². The molecule has 0 aromatic rings. The molecule has 134 valence electrons. The van der Waals surface area contributed by atoms with Crippen LogP contribution in [0.2, 0.25) is 0 Å². The second-order valence-corrected chi connectivity index (χ2v) is 9.10. The normalized spacial score (nSPS) is 51.0. The van der Waals surface area contributed by atoms with E-state index in [1.165, 1.54) is 0 Å². The number of rotatable bonds is 0. The molecule has 0 aromatic carbocycles. The van der Waals surface area contributed by atoms with Gasteiger partial charge < -0.3 is 14.2 Å². The highest BCUT2D eigenvalue weighted by Gasteiger charge is 2.62. The highest BCUT2D eigenvalue weighted by Crippen LogP contribution is 2.54. The molecule has 4 rings (SSSR count). The Hall–Kier alpha value is -0.710. The lowest BCUT2D eigenvalue weighted by Crippen LogP contribution is -2.39. The Kier molecular flexibility index (Phi) is 3.59. The van der Waals surface area contributed by atoms with Crippen LogP contribution in [0.15, 0.2) is 11.1 Å². The van der Waals surface area contributed by atoms with Crippen LogP contribution in [0.5, 0.6) is 0 Å². The molecule has 3 bridgehead atoms. The molecule has 0 radical (unpaired) electrons. The number of fused-ring (bicyclic) bond motifs is 3. The number of epoxide rings is 1. The fourth-order valence-corrected chi connectivity index (χ4v) is 5.05.